The minimum Gasteiger partial charge on any atom is -0.465 e. The highest BCUT2D eigenvalue weighted by Gasteiger charge is 2.45. The largest absolute Gasteiger partial charge is 0.465 e. The minimum absolute atomic E-state index is 0.0852. The fraction of sp³-hybridized carbons (Fsp3) is 0.167. The number of esters is 1. The zero-order valence-electron chi connectivity index (χ0n) is 17.3. The SMILES string of the molecule is COC(=O)c1ccc(N2C(=O)CC(N(Cc3ccccc3)C(=O)c3ccco3)C2=O)cc1. The number of methoxy groups -OCH3 is 1. The van der Waals surface area contributed by atoms with Crippen LogP contribution in [0.1, 0.15) is 32.9 Å². The zero-order valence-corrected chi connectivity index (χ0v) is 17.3. The number of carbonyl (C=O) groups is 4. The van der Waals surface area contributed by atoms with Crippen molar-refractivity contribution in [2.75, 3.05) is 12.0 Å². The molecule has 32 heavy (non-hydrogen) atoms. The molecule has 0 spiro atoms. The summed E-state index contributed by atoms with van der Waals surface area (Å²) < 4.78 is 9.92. The molecule has 0 bridgehead atoms. The van der Waals surface area contributed by atoms with Crippen LogP contribution in [0.3, 0.4) is 0 Å². The van der Waals surface area contributed by atoms with Crippen LogP contribution >= 0.6 is 0 Å². The van der Waals surface area contributed by atoms with Gasteiger partial charge >= 0.3 is 5.97 Å². The number of ether oxygens (including phenoxy) is 1. The molecule has 2 aromatic carbocycles. The average Bonchev–Trinajstić information content (AvgIpc) is 3.45. The lowest BCUT2D eigenvalue weighted by Gasteiger charge is -2.27. The van der Waals surface area contributed by atoms with Crippen molar-refractivity contribution in [1.29, 1.82) is 0 Å². The predicted octanol–water partition coefficient (Wildman–Crippen LogP) is 3.04. The van der Waals surface area contributed by atoms with Gasteiger partial charge in [-0.1, -0.05) is 30.3 Å². The molecule has 0 radical (unpaired) electrons. The monoisotopic (exact) mass is 432 g/mol. The number of benzene rings is 2. The Morgan fingerprint density at radius 3 is 2.38 bits per heavy atom. The molecule has 2 heterocycles. The molecular weight excluding hydrogens is 412 g/mol. The molecule has 3 amide bonds. The van der Waals surface area contributed by atoms with Crippen molar-refractivity contribution in [3.63, 3.8) is 0 Å². The first-order chi connectivity index (χ1) is 15.5. The van der Waals surface area contributed by atoms with Gasteiger partial charge in [-0.15, -0.1) is 0 Å². The van der Waals surface area contributed by atoms with Crippen LogP contribution in [0.4, 0.5) is 5.69 Å². The Labute approximate surface area is 184 Å². The van der Waals surface area contributed by atoms with Gasteiger partial charge in [0.05, 0.1) is 31.0 Å². The van der Waals surface area contributed by atoms with E-state index in [4.69, 9.17) is 4.42 Å². The first-order valence-corrected chi connectivity index (χ1v) is 9.93. The maximum Gasteiger partial charge on any atom is 0.337 e. The quantitative estimate of drug-likeness (QED) is 0.439. The van der Waals surface area contributed by atoms with E-state index in [9.17, 15) is 19.2 Å². The van der Waals surface area contributed by atoms with Gasteiger partial charge in [0.1, 0.15) is 6.04 Å². The molecule has 1 saturated heterocycles. The number of hydrogen-bond acceptors (Lipinski definition) is 6. The Bertz CT molecular complexity index is 1140. The van der Waals surface area contributed by atoms with E-state index >= 15 is 0 Å². The number of amides is 3. The van der Waals surface area contributed by atoms with E-state index in [-0.39, 0.29) is 18.7 Å². The summed E-state index contributed by atoms with van der Waals surface area (Å²) in [5, 5.41) is 0. The second-order valence-corrected chi connectivity index (χ2v) is 7.22. The zero-order chi connectivity index (χ0) is 22.7. The van der Waals surface area contributed by atoms with E-state index in [0.717, 1.165) is 10.5 Å². The number of carbonyl (C=O) groups excluding carboxylic acids is 4. The Balaban J connectivity index is 1.63. The second kappa shape index (κ2) is 8.89. The van der Waals surface area contributed by atoms with Crippen LogP contribution in [0.2, 0.25) is 0 Å². The third-order valence-electron chi connectivity index (χ3n) is 5.23. The number of hydrogen-bond donors (Lipinski definition) is 0. The summed E-state index contributed by atoms with van der Waals surface area (Å²) in [6.07, 6.45) is 1.22. The minimum atomic E-state index is -0.986. The van der Waals surface area contributed by atoms with Crippen molar-refractivity contribution in [3.8, 4) is 0 Å². The highest BCUT2D eigenvalue weighted by Crippen LogP contribution is 2.28. The van der Waals surface area contributed by atoms with Gasteiger partial charge in [-0.2, -0.15) is 0 Å². The summed E-state index contributed by atoms with van der Waals surface area (Å²) in [5.41, 5.74) is 1.43. The van der Waals surface area contributed by atoms with Gasteiger partial charge < -0.3 is 14.1 Å². The van der Waals surface area contributed by atoms with Crippen LogP contribution in [0.15, 0.2) is 77.4 Å². The highest BCUT2D eigenvalue weighted by molar-refractivity contribution is 6.23. The standard InChI is InChI=1S/C24H20N2O6/c1-31-24(30)17-9-11-18(12-10-17)26-21(27)14-19(22(26)28)25(15-16-6-3-2-4-7-16)23(29)20-8-5-13-32-20/h2-13,19H,14-15H2,1H3. The van der Waals surface area contributed by atoms with Gasteiger partial charge in [-0.05, 0) is 42.0 Å². The molecule has 8 nitrogen and oxygen atoms in total. The van der Waals surface area contributed by atoms with Gasteiger partial charge in [-0.3, -0.25) is 14.4 Å². The molecule has 1 aliphatic heterocycles. The molecule has 162 valence electrons. The van der Waals surface area contributed by atoms with Crippen molar-refractivity contribution in [2.45, 2.75) is 19.0 Å². The van der Waals surface area contributed by atoms with Crippen LogP contribution in [-0.2, 0) is 20.9 Å². The Morgan fingerprint density at radius 1 is 1.03 bits per heavy atom. The van der Waals surface area contributed by atoms with Gasteiger partial charge in [-0.25, -0.2) is 9.69 Å². The Morgan fingerprint density at radius 2 is 1.75 bits per heavy atom. The molecule has 1 fully saturated rings. The lowest BCUT2D eigenvalue weighted by molar-refractivity contribution is -0.122. The van der Waals surface area contributed by atoms with Crippen molar-refractivity contribution in [1.82, 2.24) is 4.90 Å². The molecule has 1 aliphatic rings. The molecule has 0 N–H and O–H groups in total. The van der Waals surface area contributed by atoms with Crippen LogP contribution in [0, 0.1) is 0 Å². The number of rotatable bonds is 6. The first-order valence-electron chi connectivity index (χ1n) is 9.93. The van der Waals surface area contributed by atoms with E-state index in [1.54, 1.807) is 6.07 Å². The maximum atomic E-state index is 13.3. The number of anilines is 1. The average molecular weight is 432 g/mol. The topological polar surface area (TPSA) is 97.1 Å². The fourth-order valence-corrected chi connectivity index (χ4v) is 3.64. The molecule has 4 rings (SSSR count). The molecule has 0 aliphatic carbocycles. The van der Waals surface area contributed by atoms with Crippen LogP contribution in [0.25, 0.3) is 0 Å². The van der Waals surface area contributed by atoms with Crippen LogP contribution in [-0.4, -0.2) is 41.7 Å². The third kappa shape index (κ3) is 4.02. The normalized spacial score (nSPS) is 15.7. The summed E-state index contributed by atoms with van der Waals surface area (Å²) in [6, 6.07) is 17.3. The number of furan rings is 1. The van der Waals surface area contributed by atoms with Crippen molar-refractivity contribution in [2.24, 2.45) is 0 Å². The first kappa shape index (κ1) is 21.0. The molecule has 0 saturated carbocycles. The molecule has 1 unspecified atom stereocenters. The number of imide groups is 1. The van der Waals surface area contributed by atoms with Crippen molar-refractivity contribution < 1.29 is 28.3 Å². The van der Waals surface area contributed by atoms with Crippen LogP contribution in [0.5, 0.6) is 0 Å². The second-order valence-electron chi connectivity index (χ2n) is 7.22. The Kier molecular flexibility index (Phi) is 5.85. The van der Waals surface area contributed by atoms with Gasteiger partial charge in [0.15, 0.2) is 5.76 Å². The summed E-state index contributed by atoms with van der Waals surface area (Å²) >= 11 is 0. The molecule has 1 aromatic heterocycles. The maximum absolute atomic E-state index is 13.3. The van der Waals surface area contributed by atoms with Gasteiger partial charge in [0, 0.05) is 6.54 Å². The van der Waals surface area contributed by atoms with Gasteiger partial charge in [0.25, 0.3) is 11.8 Å². The van der Waals surface area contributed by atoms with E-state index in [1.165, 1.54) is 48.6 Å². The summed E-state index contributed by atoms with van der Waals surface area (Å²) in [7, 11) is 1.27. The smallest absolute Gasteiger partial charge is 0.337 e. The Hall–Kier alpha value is -4.20. The molecule has 1 atom stereocenters. The van der Waals surface area contributed by atoms with Crippen molar-refractivity contribution >= 4 is 29.4 Å². The lowest BCUT2D eigenvalue weighted by Crippen LogP contribution is -2.45. The predicted molar refractivity (Wildman–Crippen MR) is 114 cm³/mol. The molecule has 3 aromatic rings. The summed E-state index contributed by atoms with van der Waals surface area (Å²) in [4.78, 5) is 53.3. The highest BCUT2D eigenvalue weighted by atomic mass is 16.5. The molecule has 8 heteroatoms. The van der Waals surface area contributed by atoms with E-state index in [2.05, 4.69) is 4.74 Å². The van der Waals surface area contributed by atoms with Crippen LogP contribution < -0.4 is 4.90 Å². The molecular formula is C24H20N2O6. The summed E-state index contributed by atoms with van der Waals surface area (Å²) in [6.45, 7) is 0.138. The third-order valence-corrected chi connectivity index (χ3v) is 5.23. The van der Waals surface area contributed by atoms with Gasteiger partial charge in [0.2, 0.25) is 5.91 Å². The van der Waals surface area contributed by atoms with E-state index in [0.29, 0.717) is 11.3 Å². The van der Waals surface area contributed by atoms with E-state index in [1.807, 2.05) is 30.3 Å². The van der Waals surface area contributed by atoms with Crippen molar-refractivity contribution in [3.05, 3.63) is 89.9 Å². The summed E-state index contributed by atoms with van der Waals surface area (Å²) in [5.74, 6) is -1.87. The number of nitrogens with zero attached hydrogens (tertiary/aromatic N) is 2. The lowest BCUT2D eigenvalue weighted by atomic mass is 10.1. The fourth-order valence-electron chi connectivity index (χ4n) is 3.64. The van der Waals surface area contributed by atoms with E-state index < -0.39 is 29.7 Å².